The molecule has 3 aromatic rings. The van der Waals surface area contributed by atoms with Gasteiger partial charge in [0.15, 0.2) is 4.77 Å². The van der Waals surface area contributed by atoms with Gasteiger partial charge >= 0.3 is 0 Å². The Labute approximate surface area is 164 Å². The summed E-state index contributed by atoms with van der Waals surface area (Å²) in [6.45, 7) is 4.95. The molecule has 1 heterocycles. The molecule has 0 radical (unpaired) electrons. The lowest BCUT2D eigenvalue weighted by atomic mass is 9.69. The van der Waals surface area contributed by atoms with Gasteiger partial charge in [0.2, 0.25) is 0 Å². The molecule has 1 aromatic heterocycles. The van der Waals surface area contributed by atoms with Crippen molar-refractivity contribution in [2.75, 3.05) is 0 Å². The summed E-state index contributed by atoms with van der Waals surface area (Å²) < 4.78 is 2.24. The van der Waals surface area contributed by atoms with Gasteiger partial charge in [-0.1, -0.05) is 68.4 Å². The largest absolute Gasteiger partial charge is 0.331 e. The van der Waals surface area contributed by atoms with Gasteiger partial charge in [-0.05, 0) is 42.6 Å². The molecule has 4 rings (SSSR count). The lowest BCUT2D eigenvalue weighted by Crippen LogP contribution is -2.39. The van der Waals surface area contributed by atoms with Gasteiger partial charge in [-0.25, -0.2) is 0 Å². The van der Waals surface area contributed by atoms with Crippen LogP contribution in [0.15, 0.2) is 59.4 Å². The number of aryl methyl sites for hydroxylation is 1. The third-order valence-electron chi connectivity index (χ3n) is 5.90. The van der Waals surface area contributed by atoms with E-state index in [0.29, 0.717) is 11.3 Å². The standard InChI is InChI=1S/C23H24N2OS/c1-3-23(2)15-17-11-7-8-12-18(17)20-19(23)21(26)25(22(27)24-20)14-13-16-9-5-4-6-10-16/h4-12H,3,13-15H2,1-2H3,(H,24,27)/t23-/m1/s1. The highest BCUT2D eigenvalue weighted by Crippen LogP contribution is 2.42. The summed E-state index contributed by atoms with van der Waals surface area (Å²) in [6.07, 6.45) is 2.58. The Morgan fingerprint density at radius 2 is 1.81 bits per heavy atom. The molecule has 4 heteroatoms. The molecule has 0 spiro atoms. The topological polar surface area (TPSA) is 37.8 Å². The number of rotatable bonds is 4. The van der Waals surface area contributed by atoms with E-state index in [1.807, 2.05) is 24.3 Å². The van der Waals surface area contributed by atoms with Crippen molar-refractivity contribution in [3.05, 3.63) is 86.4 Å². The maximum Gasteiger partial charge on any atom is 0.258 e. The normalized spacial score (nSPS) is 18.0. The van der Waals surface area contributed by atoms with Crippen molar-refractivity contribution >= 4 is 12.2 Å². The molecule has 138 valence electrons. The molecule has 0 fully saturated rings. The summed E-state index contributed by atoms with van der Waals surface area (Å²) in [5.74, 6) is 0. The van der Waals surface area contributed by atoms with Gasteiger partial charge in [0.25, 0.3) is 5.56 Å². The molecular weight excluding hydrogens is 352 g/mol. The lowest BCUT2D eigenvalue weighted by molar-refractivity contribution is 0.433. The Morgan fingerprint density at radius 3 is 2.56 bits per heavy atom. The quantitative estimate of drug-likeness (QED) is 0.648. The number of nitrogens with zero attached hydrogens (tertiary/aromatic N) is 1. The monoisotopic (exact) mass is 376 g/mol. The van der Waals surface area contributed by atoms with Crippen molar-refractivity contribution in [3.8, 4) is 11.3 Å². The molecule has 1 N–H and O–H groups in total. The second-order valence-corrected chi connectivity index (χ2v) is 8.01. The molecular formula is C23H24N2OS. The first-order valence-electron chi connectivity index (χ1n) is 9.53. The number of nitrogens with one attached hydrogen (secondary N) is 1. The molecule has 0 aliphatic heterocycles. The van der Waals surface area contributed by atoms with E-state index in [9.17, 15) is 4.79 Å². The third-order valence-corrected chi connectivity index (χ3v) is 6.23. The minimum Gasteiger partial charge on any atom is -0.331 e. The second kappa shape index (κ2) is 6.93. The van der Waals surface area contributed by atoms with E-state index < -0.39 is 0 Å². The first-order valence-corrected chi connectivity index (χ1v) is 9.94. The van der Waals surface area contributed by atoms with E-state index in [1.165, 1.54) is 11.1 Å². The van der Waals surface area contributed by atoms with Crippen molar-refractivity contribution in [3.63, 3.8) is 0 Å². The maximum absolute atomic E-state index is 13.5. The number of aromatic nitrogens is 2. The van der Waals surface area contributed by atoms with Crippen molar-refractivity contribution in [1.29, 1.82) is 0 Å². The summed E-state index contributed by atoms with van der Waals surface area (Å²) in [5, 5.41) is 0. The Morgan fingerprint density at radius 1 is 1.11 bits per heavy atom. The number of aromatic amines is 1. The van der Waals surface area contributed by atoms with E-state index in [4.69, 9.17) is 12.2 Å². The Bertz CT molecular complexity index is 1100. The van der Waals surface area contributed by atoms with E-state index in [-0.39, 0.29) is 11.0 Å². The summed E-state index contributed by atoms with van der Waals surface area (Å²) in [4.78, 5) is 16.9. The number of hydrogen-bond donors (Lipinski definition) is 1. The van der Waals surface area contributed by atoms with E-state index in [1.54, 1.807) is 4.57 Å². The number of H-pyrrole nitrogens is 1. The van der Waals surface area contributed by atoms with Crippen LogP contribution in [-0.4, -0.2) is 9.55 Å². The molecule has 1 atom stereocenters. The van der Waals surface area contributed by atoms with Gasteiger partial charge in [-0.2, -0.15) is 0 Å². The van der Waals surface area contributed by atoms with Crippen LogP contribution in [0.3, 0.4) is 0 Å². The lowest BCUT2D eigenvalue weighted by Gasteiger charge is -2.35. The predicted octanol–water partition coefficient (Wildman–Crippen LogP) is 5.04. The van der Waals surface area contributed by atoms with Gasteiger partial charge in [0.1, 0.15) is 0 Å². The van der Waals surface area contributed by atoms with E-state index in [2.05, 4.69) is 49.2 Å². The summed E-state index contributed by atoms with van der Waals surface area (Å²) in [6, 6.07) is 18.6. The Kier molecular flexibility index (Phi) is 4.60. The molecule has 0 unspecified atom stereocenters. The van der Waals surface area contributed by atoms with E-state index >= 15 is 0 Å². The molecule has 1 aliphatic carbocycles. The highest BCUT2D eigenvalue weighted by molar-refractivity contribution is 7.71. The molecule has 27 heavy (non-hydrogen) atoms. The van der Waals surface area contributed by atoms with Crippen molar-refractivity contribution < 1.29 is 0 Å². The fourth-order valence-corrected chi connectivity index (χ4v) is 4.43. The second-order valence-electron chi connectivity index (χ2n) is 7.62. The van der Waals surface area contributed by atoms with Crippen LogP contribution in [0.25, 0.3) is 11.3 Å². The molecule has 3 nitrogen and oxygen atoms in total. The van der Waals surface area contributed by atoms with Gasteiger partial charge in [-0.15, -0.1) is 0 Å². The first kappa shape index (κ1) is 17.9. The SMILES string of the molecule is CC[C@]1(C)Cc2ccccc2-c2[nH]c(=S)n(CCc3ccccc3)c(=O)c21. The van der Waals surface area contributed by atoms with Crippen LogP contribution >= 0.6 is 12.2 Å². The highest BCUT2D eigenvalue weighted by atomic mass is 32.1. The summed E-state index contributed by atoms with van der Waals surface area (Å²) >= 11 is 5.59. The molecule has 0 saturated heterocycles. The predicted molar refractivity (Wildman–Crippen MR) is 113 cm³/mol. The fourth-order valence-electron chi connectivity index (χ4n) is 4.15. The smallest absolute Gasteiger partial charge is 0.258 e. The molecule has 0 bridgehead atoms. The van der Waals surface area contributed by atoms with Crippen molar-refractivity contribution in [2.45, 2.75) is 45.1 Å². The minimum absolute atomic E-state index is 0.0588. The third kappa shape index (κ3) is 3.08. The fraction of sp³-hybridized carbons (Fsp3) is 0.304. The Balaban J connectivity index is 1.85. The molecule has 1 aliphatic rings. The van der Waals surface area contributed by atoms with E-state index in [0.717, 1.165) is 36.1 Å². The van der Waals surface area contributed by atoms with Crippen LogP contribution in [0.5, 0.6) is 0 Å². The highest BCUT2D eigenvalue weighted by Gasteiger charge is 2.37. The molecule has 2 aromatic carbocycles. The van der Waals surface area contributed by atoms with Gasteiger partial charge < -0.3 is 4.98 Å². The van der Waals surface area contributed by atoms with Crippen molar-refractivity contribution in [2.24, 2.45) is 0 Å². The Hall–Kier alpha value is -2.46. The van der Waals surface area contributed by atoms with Gasteiger partial charge in [-0.3, -0.25) is 9.36 Å². The van der Waals surface area contributed by atoms with Gasteiger partial charge in [0.05, 0.1) is 5.69 Å². The summed E-state index contributed by atoms with van der Waals surface area (Å²) in [5.41, 5.74) is 5.26. The van der Waals surface area contributed by atoms with Crippen LogP contribution in [0.1, 0.15) is 37.0 Å². The number of benzene rings is 2. The molecule has 0 saturated carbocycles. The van der Waals surface area contributed by atoms with Crippen LogP contribution < -0.4 is 5.56 Å². The minimum atomic E-state index is -0.186. The van der Waals surface area contributed by atoms with Crippen LogP contribution in [0.2, 0.25) is 0 Å². The van der Waals surface area contributed by atoms with Crippen molar-refractivity contribution in [1.82, 2.24) is 9.55 Å². The van der Waals surface area contributed by atoms with Gasteiger partial charge in [0, 0.05) is 23.1 Å². The molecule has 0 amide bonds. The number of fused-ring (bicyclic) bond motifs is 3. The average molecular weight is 377 g/mol. The number of hydrogen-bond acceptors (Lipinski definition) is 2. The zero-order valence-electron chi connectivity index (χ0n) is 15.8. The van der Waals surface area contributed by atoms with Crippen LogP contribution in [0, 0.1) is 4.77 Å². The van der Waals surface area contributed by atoms with Crippen LogP contribution in [0.4, 0.5) is 0 Å². The first-order chi connectivity index (χ1) is 13.0. The summed E-state index contributed by atoms with van der Waals surface area (Å²) in [7, 11) is 0. The average Bonchev–Trinajstić information content (AvgIpc) is 2.68. The maximum atomic E-state index is 13.5. The zero-order chi connectivity index (χ0) is 19.0. The zero-order valence-corrected chi connectivity index (χ0v) is 16.6. The van der Waals surface area contributed by atoms with Crippen LogP contribution in [-0.2, 0) is 24.8 Å².